The van der Waals surface area contributed by atoms with Gasteiger partial charge < -0.3 is 4.74 Å². The molecule has 0 aliphatic heterocycles. The van der Waals surface area contributed by atoms with E-state index >= 15 is 0 Å². The Bertz CT molecular complexity index is 1480. The summed E-state index contributed by atoms with van der Waals surface area (Å²) in [6.45, 7) is 0. The number of hydrogen-bond donors (Lipinski definition) is 0. The maximum atomic E-state index is 13.5. The number of pyridine rings is 1. The lowest BCUT2D eigenvalue weighted by atomic mass is 9.93. The van der Waals surface area contributed by atoms with Crippen LogP contribution in [0.25, 0.3) is 44.1 Å². The van der Waals surface area contributed by atoms with Crippen molar-refractivity contribution in [2.45, 2.75) is 0 Å². The second-order valence-electron chi connectivity index (χ2n) is 7.49. The molecule has 3 heteroatoms. The van der Waals surface area contributed by atoms with Crippen LogP contribution in [-0.2, 0) is 0 Å². The third-order valence-electron chi connectivity index (χ3n) is 5.91. The number of hydrogen-bond acceptors (Lipinski definition) is 3. The monoisotopic (exact) mass is 387 g/mol. The first-order valence-corrected chi connectivity index (χ1v) is 9.90. The molecule has 1 aromatic heterocycles. The van der Waals surface area contributed by atoms with Crippen LogP contribution in [0.4, 0.5) is 0 Å². The number of ketones is 1. The van der Waals surface area contributed by atoms with Gasteiger partial charge in [0.05, 0.1) is 23.9 Å². The minimum absolute atomic E-state index is 0.0359. The summed E-state index contributed by atoms with van der Waals surface area (Å²) in [7, 11) is 1.65. The van der Waals surface area contributed by atoms with E-state index in [0.29, 0.717) is 5.56 Å². The number of nitrogens with zero attached hydrogens (tertiary/aromatic N) is 1. The lowest BCUT2D eigenvalue weighted by Crippen LogP contribution is -2.01. The molecule has 1 heterocycles. The van der Waals surface area contributed by atoms with Crippen LogP contribution in [0.15, 0.2) is 84.9 Å². The van der Waals surface area contributed by atoms with Crippen LogP contribution >= 0.6 is 0 Å². The van der Waals surface area contributed by atoms with Gasteiger partial charge >= 0.3 is 0 Å². The van der Waals surface area contributed by atoms with Crippen LogP contribution in [0.2, 0.25) is 0 Å². The predicted molar refractivity (Wildman–Crippen MR) is 120 cm³/mol. The molecule has 0 saturated carbocycles. The molecule has 5 aromatic rings. The van der Waals surface area contributed by atoms with Crippen molar-refractivity contribution in [1.82, 2.24) is 4.98 Å². The Labute approximate surface area is 173 Å². The standard InChI is InChI=1S/C27H17NO2/c1-30-18-13-10-17(11-14-18)26-25-24(20-8-4-5-9-21(20)27(25)29)23-19-7-3-2-6-16(19)12-15-22(23)28-26/h2-15H,1H3. The Hall–Kier alpha value is -3.98. The summed E-state index contributed by atoms with van der Waals surface area (Å²) in [5.41, 5.74) is 5.91. The van der Waals surface area contributed by atoms with E-state index in [-0.39, 0.29) is 5.78 Å². The van der Waals surface area contributed by atoms with E-state index in [4.69, 9.17) is 9.72 Å². The first-order chi connectivity index (χ1) is 14.8. The van der Waals surface area contributed by atoms with E-state index in [2.05, 4.69) is 24.3 Å². The molecule has 0 radical (unpaired) electrons. The summed E-state index contributed by atoms with van der Waals surface area (Å²) in [6.07, 6.45) is 0. The highest BCUT2D eigenvalue weighted by Crippen LogP contribution is 2.46. The second-order valence-corrected chi connectivity index (χ2v) is 7.49. The van der Waals surface area contributed by atoms with E-state index in [1.807, 2.05) is 60.7 Å². The molecule has 0 spiro atoms. The smallest absolute Gasteiger partial charge is 0.196 e. The molecular weight excluding hydrogens is 370 g/mol. The molecule has 142 valence electrons. The molecule has 1 aliphatic rings. The van der Waals surface area contributed by atoms with Crippen molar-refractivity contribution in [2.24, 2.45) is 0 Å². The van der Waals surface area contributed by atoms with Gasteiger partial charge in [-0.05, 0) is 46.7 Å². The maximum Gasteiger partial charge on any atom is 0.196 e. The van der Waals surface area contributed by atoms with Crippen molar-refractivity contribution in [2.75, 3.05) is 7.11 Å². The average Bonchev–Trinajstić information content (AvgIpc) is 3.11. The minimum Gasteiger partial charge on any atom is -0.497 e. The molecular formula is C27H17NO2. The summed E-state index contributed by atoms with van der Waals surface area (Å²) < 4.78 is 5.30. The SMILES string of the molecule is COc1ccc(-c2nc3ccc4ccccc4c3c3c2C(=O)c2ccccc2-3)cc1. The van der Waals surface area contributed by atoms with Gasteiger partial charge in [0.2, 0.25) is 0 Å². The van der Waals surface area contributed by atoms with E-state index in [1.165, 1.54) is 0 Å². The predicted octanol–water partition coefficient (Wildman–Crippen LogP) is 6.28. The average molecular weight is 387 g/mol. The Kier molecular flexibility index (Phi) is 3.53. The van der Waals surface area contributed by atoms with E-state index in [1.54, 1.807) is 7.11 Å². The normalized spacial score (nSPS) is 12.2. The number of methoxy groups -OCH3 is 1. The van der Waals surface area contributed by atoms with Crippen molar-refractivity contribution < 1.29 is 9.53 Å². The summed E-state index contributed by atoms with van der Waals surface area (Å²) >= 11 is 0. The van der Waals surface area contributed by atoms with Crippen molar-refractivity contribution >= 4 is 27.5 Å². The van der Waals surface area contributed by atoms with Gasteiger partial charge in [-0.15, -0.1) is 0 Å². The van der Waals surface area contributed by atoms with Crippen molar-refractivity contribution in [3.8, 4) is 28.1 Å². The fraction of sp³-hybridized carbons (Fsp3) is 0.0370. The number of carbonyl (C=O) groups excluding carboxylic acids is 1. The Balaban J connectivity index is 1.79. The lowest BCUT2D eigenvalue weighted by Gasteiger charge is -2.14. The molecule has 6 rings (SSSR count). The first-order valence-electron chi connectivity index (χ1n) is 9.90. The fourth-order valence-corrected chi connectivity index (χ4v) is 4.52. The molecule has 0 bridgehead atoms. The van der Waals surface area contributed by atoms with Crippen LogP contribution in [0.5, 0.6) is 5.75 Å². The summed E-state index contributed by atoms with van der Waals surface area (Å²) in [6, 6.07) is 28.0. The quantitative estimate of drug-likeness (QED) is 0.329. The van der Waals surface area contributed by atoms with Crippen LogP contribution < -0.4 is 4.74 Å². The molecule has 3 nitrogen and oxygen atoms in total. The van der Waals surface area contributed by atoms with Crippen molar-refractivity contribution in [3.05, 3.63) is 96.1 Å². The number of ether oxygens (including phenoxy) is 1. The van der Waals surface area contributed by atoms with Crippen LogP contribution in [0.3, 0.4) is 0 Å². The number of aromatic nitrogens is 1. The third-order valence-corrected chi connectivity index (χ3v) is 5.91. The third kappa shape index (κ3) is 2.26. The summed E-state index contributed by atoms with van der Waals surface area (Å²) in [4.78, 5) is 18.5. The van der Waals surface area contributed by atoms with Gasteiger partial charge in [0.1, 0.15) is 5.75 Å². The van der Waals surface area contributed by atoms with Gasteiger partial charge in [-0.25, -0.2) is 4.98 Å². The minimum atomic E-state index is 0.0359. The van der Waals surface area contributed by atoms with Crippen LogP contribution in [0.1, 0.15) is 15.9 Å². The number of benzene rings is 4. The Morgan fingerprint density at radius 1 is 0.733 bits per heavy atom. The number of carbonyl (C=O) groups is 1. The zero-order valence-electron chi connectivity index (χ0n) is 16.3. The van der Waals surface area contributed by atoms with Crippen molar-refractivity contribution in [3.63, 3.8) is 0 Å². The van der Waals surface area contributed by atoms with E-state index in [0.717, 1.165) is 55.4 Å². The topological polar surface area (TPSA) is 39.2 Å². The first kappa shape index (κ1) is 16.9. The zero-order valence-corrected chi connectivity index (χ0v) is 16.3. The molecule has 4 aromatic carbocycles. The highest BCUT2D eigenvalue weighted by molar-refractivity contribution is 6.30. The van der Waals surface area contributed by atoms with Gasteiger partial charge in [-0.2, -0.15) is 0 Å². The Morgan fingerprint density at radius 2 is 1.47 bits per heavy atom. The highest BCUT2D eigenvalue weighted by atomic mass is 16.5. The molecule has 1 aliphatic carbocycles. The summed E-state index contributed by atoms with van der Waals surface area (Å²) in [5, 5.41) is 3.30. The van der Waals surface area contributed by atoms with Gasteiger partial charge in [-0.1, -0.05) is 54.6 Å². The van der Waals surface area contributed by atoms with Crippen molar-refractivity contribution in [1.29, 1.82) is 0 Å². The number of rotatable bonds is 2. The van der Waals surface area contributed by atoms with Gasteiger partial charge in [0, 0.05) is 22.1 Å². The molecule has 30 heavy (non-hydrogen) atoms. The Morgan fingerprint density at radius 3 is 2.27 bits per heavy atom. The molecule has 0 amide bonds. The fourth-order valence-electron chi connectivity index (χ4n) is 4.52. The number of fused-ring (bicyclic) bond motifs is 7. The summed E-state index contributed by atoms with van der Waals surface area (Å²) in [5.74, 6) is 0.811. The van der Waals surface area contributed by atoms with E-state index in [9.17, 15) is 4.79 Å². The van der Waals surface area contributed by atoms with Gasteiger partial charge in [-0.3, -0.25) is 4.79 Å². The van der Waals surface area contributed by atoms with E-state index < -0.39 is 0 Å². The molecule has 0 fully saturated rings. The largest absolute Gasteiger partial charge is 0.497 e. The molecule has 0 unspecified atom stereocenters. The molecule has 0 atom stereocenters. The molecule has 0 N–H and O–H groups in total. The van der Waals surface area contributed by atoms with Gasteiger partial charge in [0.25, 0.3) is 0 Å². The second kappa shape index (κ2) is 6.26. The molecule has 0 saturated heterocycles. The van der Waals surface area contributed by atoms with Gasteiger partial charge in [0.15, 0.2) is 5.78 Å². The van der Waals surface area contributed by atoms with Crippen LogP contribution in [-0.4, -0.2) is 17.9 Å². The maximum absolute atomic E-state index is 13.5. The zero-order chi connectivity index (χ0) is 20.2. The van der Waals surface area contributed by atoms with Crippen LogP contribution in [0, 0.1) is 0 Å². The highest BCUT2D eigenvalue weighted by Gasteiger charge is 2.32. The lowest BCUT2D eigenvalue weighted by molar-refractivity contribution is 0.104.